The van der Waals surface area contributed by atoms with Gasteiger partial charge in [0.1, 0.15) is 11.6 Å². The Morgan fingerprint density at radius 2 is 1.69 bits per heavy atom. The average Bonchev–Trinajstić information content (AvgIpc) is 3.02. The van der Waals surface area contributed by atoms with E-state index in [4.69, 9.17) is 14.2 Å². The van der Waals surface area contributed by atoms with Gasteiger partial charge in [-0.2, -0.15) is 0 Å². The molecule has 2 aromatic carbocycles. The fraction of sp³-hybridized carbons (Fsp3) is 0.391. The molecular weight excluding hydrogens is 417 g/mol. The van der Waals surface area contributed by atoms with Gasteiger partial charge in [-0.05, 0) is 30.7 Å². The second kappa shape index (κ2) is 9.97. The number of urea groups is 1. The Morgan fingerprint density at radius 1 is 0.969 bits per heavy atom. The third-order valence-corrected chi connectivity index (χ3v) is 5.39. The molecule has 3 amide bonds. The van der Waals surface area contributed by atoms with Gasteiger partial charge in [-0.3, -0.25) is 4.79 Å². The van der Waals surface area contributed by atoms with Crippen LogP contribution >= 0.6 is 0 Å². The smallest absolute Gasteiger partial charge is 0.322 e. The average molecular weight is 443 g/mol. The molecule has 1 atom stereocenters. The zero-order valence-corrected chi connectivity index (χ0v) is 17.7. The number of para-hydroxylation sites is 2. The SMILES string of the molecule is O=C(COc1ccccc1)N1CCCOC2(C1)CN(C(=O)Nc1ccccc1F)CCO2. The van der Waals surface area contributed by atoms with Gasteiger partial charge < -0.3 is 29.3 Å². The van der Waals surface area contributed by atoms with Crippen LogP contribution in [0.4, 0.5) is 14.9 Å². The highest BCUT2D eigenvalue weighted by molar-refractivity contribution is 5.89. The van der Waals surface area contributed by atoms with Crippen molar-refractivity contribution in [3.05, 3.63) is 60.4 Å². The maximum atomic E-state index is 13.9. The Labute approximate surface area is 185 Å². The van der Waals surface area contributed by atoms with Crippen molar-refractivity contribution in [2.75, 3.05) is 51.3 Å². The number of hydrogen-bond acceptors (Lipinski definition) is 5. The summed E-state index contributed by atoms with van der Waals surface area (Å²) in [6.07, 6.45) is 0.642. The molecule has 9 heteroatoms. The topological polar surface area (TPSA) is 80.3 Å². The Morgan fingerprint density at radius 3 is 2.50 bits per heavy atom. The van der Waals surface area contributed by atoms with E-state index in [1.54, 1.807) is 29.2 Å². The van der Waals surface area contributed by atoms with Crippen molar-refractivity contribution in [2.45, 2.75) is 12.2 Å². The summed E-state index contributed by atoms with van der Waals surface area (Å²) in [6.45, 7) is 1.67. The molecule has 8 nitrogen and oxygen atoms in total. The van der Waals surface area contributed by atoms with Gasteiger partial charge in [-0.15, -0.1) is 0 Å². The number of carbonyl (C=O) groups excluding carboxylic acids is 2. The Kier molecular flexibility index (Phi) is 6.87. The molecule has 0 bridgehead atoms. The Hall–Kier alpha value is -3.17. The standard InChI is InChI=1S/C23H26FN3O5/c24-19-9-4-5-10-20(19)25-22(29)27-12-14-32-23(17-27)16-26(11-6-13-31-23)21(28)15-30-18-7-2-1-3-8-18/h1-5,7-10H,6,11-17H2,(H,25,29). The third-order valence-electron chi connectivity index (χ3n) is 5.39. The van der Waals surface area contributed by atoms with E-state index in [-0.39, 0.29) is 37.9 Å². The summed E-state index contributed by atoms with van der Waals surface area (Å²) < 4.78 is 31.4. The van der Waals surface area contributed by atoms with Crippen molar-refractivity contribution < 1.29 is 28.2 Å². The molecule has 1 unspecified atom stereocenters. The van der Waals surface area contributed by atoms with Gasteiger partial charge >= 0.3 is 6.03 Å². The number of rotatable bonds is 4. The second-order valence-electron chi connectivity index (χ2n) is 7.71. The summed E-state index contributed by atoms with van der Waals surface area (Å²) >= 11 is 0. The van der Waals surface area contributed by atoms with Crippen LogP contribution in [0.2, 0.25) is 0 Å². The van der Waals surface area contributed by atoms with Crippen LogP contribution in [0.1, 0.15) is 6.42 Å². The first kappa shape index (κ1) is 22.0. The lowest BCUT2D eigenvalue weighted by Gasteiger charge is -2.43. The van der Waals surface area contributed by atoms with E-state index in [2.05, 4.69) is 5.32 Å². The van der Waals surface area contributed by atoms with Crippen LogP contribution in [0.15, 0.2) is 54.6 Å². The molecule has 2 saturated heterocycles. The van der Waals surface area contributed by atoms with Gasteiger partial charge in [0.25, 0.3) is 5.91 Å². The van der Waals surface area contributed by atoms with Gasteiger partial charge in [-0.1, -0.05) is 30.3 Å². The van der Waals surface area contributed by atoms with Crippen molar-refractivity contribution in [3.63, 3.8) is 0 Å². The summed E-state index contributed by atoms with van der Waals surface area (Å²) in [5.74, 6) is -1.21. The Balaban J connectivity index is 1.39. The van der Waals surface area contributed by atoms with Crippen LogP contribution in [0.3, 0.4) is 0 Å². The molecule has 2 aliphatic rings. The Bertz CT molecular complexity index is 944. The van der Waals surface area contributed by atoms with Crippen molar-refractivity contribution in [3.8, 4) is 5.75 Å². The van der Waals surface area contributed by atoms with E-state index in [9.17, 15) is 14.0 Å². The first-order valence-corrected chi connectivity index (χ1v) is 10.6. The zero-order chi connectivity index (χ0) is 22.4. The van der Waals surface area contributed by atoms with Crippen LogP contribution in [0, 0.1) is 5.82 Å². The third kappa shape index (κ3) is 5.35. The van der Waals surface area contributed by atoms with Crippen molar-refractivity contribution in [1.82, 2.24) is 9.80 Å². The summed E-state index contributed by atoms with van der Waals surface area (Å²) in [6, 6.07) is 14.7. The van der Waals surface area contributed by atoms with Gasteiger partial charge in [0.05, 0.1) is 32.0 Å². The number of anilines is 1. The highest BCUT2D eigenvalue weighted by Crippen LogP contribution is 2.25. The predicted molar refractivity (Wildman–Crippen MR) is 115 cm³/mol. The maximum Gasteiger partial charge on any atom is 0.322 e. The van der Waals surface area contributed by atoms with Crippen molar-refractivity contribution in [1.29, 1.82) is 0 Å². The highest BCUT2D eigenvalue weighted by atomic mass is 19.1. The van der Waals surface area contributed by atoms with E-state index in [0.29, 0.717) is 31.9 Å². The highest BCUT2D eigenvalue weighted by Gasteiger charge is 2.43. The van der Waals surface area contributed by atoms with Crippen LogP contribution in [-0.2, 0) is 14.3 Å². The molecule has 0 aliphatic carbocycles. The van der Waals surface area contributed by atoms with Crippen LogP contribution < -0.4 is 10.1 Å². The second-order valence-corrected chi connectivity index (χ2v) is 7.71. The maximum absolute atomic E-state index is 13.9. The van der Waals surface area contributed by atoms with Gasteiger partial charge in [0.15, 0.2) is 6.61 Å². The van der Waals surface area contributed by atoms with E-state index < -0.39 is 17.6 Å². The van der Waals surface area contributed by atoms with E-state index in [0.717, 1.165) is 0 Å². The molecule has 0 aromatic heterocycles. The molecule has 170 valence electrons. The summed E-state index contributed by atoms with van der Waals surface area (Å²) in [5.41, 5.74) is 0.106. The molecule has 2 aliphatic heterocycles. The number of amides is 3. The molecule has 32 heavy (non-hydrogen) atoms. The van der Waals surface area contributed by atoms with Gasteiger partial charge in [0, 0.05) is 13.1 Å². The molecule has 2 heterocycles. The lowest BCUT2D eigenvalue weighted by Crippen LogP contribution is -2.60. The summed E-state index contributed by atoms with van der Waals surface area (Å²) in [5, 5.41) is 2.59. The van der Waals surface area contributed by atoms with Crippen molar-refractivity contribution >= 4 is 17.6 Å². The number of nitrogens with zero attached hydrogens (tertiary/aromatic N) is 2. The number of hydrogen-bond donors (Lipinski definition) is 1. The fourth-order valence-corrected chi connectivity index (χ4v) is 3.77. The van der Waals surface area contributed by atoms with Crippen LogP contribution in [0.25, 0.3) is 0 Å². The van der Waals surface area contributed by atoms with Crippen molar-refractivity contribution in [2.24, 2.45) is 0 Å². The van der Waals surface area contributed by atoms with Crippen LogP contribution in [-0.4, -0.2) is 73.5 Å². The van der Waals surface area contributed by atoms with Gasteiger partial charge in [-0.25, -0.2) is 9.18 Å². The van der Waals surface area contributed by atoms with Crippen LogP contribution in [0.5, 0.6) is 5.75 Å². The number of ether oxygens (including phenoxy) is 3. The monoisotopic (exact) mass is 443 g/mol. The molecule has 0 radical (unpaired) electrons. The molecule has 2 aromatic rings. The number of halogens is 1. The minimum atomic E-state index is -1.14. The first-order valence-electron chi connectivity index (χ1n) is 10.6. The number of benzene rings is 2. The first-order chi connectivity index (χ1) is 15.5. The fourth-order valence-electron chi connectivity index (χ4n) is 3.77. The van der Waals surface area contributed by atoms with Gasteiger partial charge in [0.2, 0.25) is 5.79 Å². The molecule has 1 N–H and O–H groups in total. The normalized spacial score (nSPS) is 21.2. The lowest BCUT2D eigenvalue weighted by atomic mass is 10.2. The lowest BCUT2D eigenvalue weighted by molar-refractivity contribution is -0.259. The molecule has 4 rings (SSSR count). The number of nitrogens with one attached hydrogen (secondary N) is 1. The molecular formula is C23H26FN3O5. The molecule has 2 fully saturated rings. The summed E-state index contributed by atoms with van der Waals surface area (Å²) in [4.78, 5) is 28.7. The minimum Gasteiger partial charge on any atom is -0.484 e. The quantitative estimate of drug-likeness (QED) is 0.786. The number of carbonyl (C=O) groups is 2. The number of morpholine rings is 1. The minimum absolute atomic E-state index is 0.0996. The molecule has 0 saturated carbocycles. The van der Waals surface area contributed by atoms with E-state index >= 15 is 0 Å². The zero-order valence-electron chi connectivity index (χ0n) is 17.7. The largest absolute Gasteiger partial charge is 0.484 e. The van der Waals surface area contributed by atoms with E-state index in [1.165, 1.54) is 17.0 Å². The van der Waals surface area contributed by atoms with E-state index in [1.807, 2.05) is 18.2 Å². The summed E-state index contributed by atoms with van der Waals surface area (Å²) in [7, 11) is 0. The predicted octanol–water partition coefficient (Wildman–Crippen LogP) is 2.71. The molecule has 1 spiro atoms.